The molecule has 0 aromatic carbocycles. The molecule has 1 saturated carbocycles. The van der Waals surface area contributed by atoms with Crippen molar-refractivity contribution in [2.24, 2.45) is 10.9 Å². The van der Waals surface area contributed by atoms with Gasteiger partial charge in [0.15, 0.2) is 5.96 Å². The highest BCUT2D eigenvalue weighted by molar-refractivity contribution is 5.79. The molecule has 0 aromatic heterocycles. The van der Waals surface area contributed by atoms with Crippen LogP contribution in [-0.4, -0.2) is 69.5 Å². The minimum atomic E-state index is -4.09. The van der Waals surface area contributed by atoms with Crippen molar-refractivity contribution in [1.29, 1.82) is 0 Å². The van der Waals surface area contributed by atoms with E-state index in [2.05, 4.69) is 15.6 Å². The molecule has 5 nitrogen and oxygen atoms in total. The number of guanidine groups is 1. The van der Waals surface area contributed by atoms with Crippen LogP contribution in [0.2, 0.25) is 0 Å². The fourth-order valence-corrected chi connectivity index (χ4v) is 4.39. The van der Waals surface area contributed by atoms with Crippen LogP contribution in [0.1, 0.15) is 70.6 Å². The van der Waals surface area contributed by atoms with Crippen LogP contribution in [0, 0.1) is 5.92 Å². The lowest BCUT2D eigenvalue weighted by Crippen LogP contribution is -2.41. The van der Waals surface area contributed by atoms with Crippen LogP contribution in [0.15, 0.2) is 4.99 Å². The first-order chi connectivity index (χ1) is 14.5. The summed E-state index contributed by atoms with van der Waals surface area (Å²) in [5.41, 5.74) is 0. The second kappa shape index (κ2) is 14.1. The number of likely N-dealkylation sites (tertiary alicyclic amines) is 1. The number of nitrogens with one attached hydrogen (secondary N) is 2. The Morgan fingerprint density at radius 2 is 1.63 bits per heavy atom. The number of alkyl halides is 3. The van der Waals surface area contributed by atoms with E-state index in [0.717, 1.165) is 57.8 Å². The second-order valence-corrected chi connectivity index (χ2v) is 8.74. The van der Waals surface area contributed by atoms with Crippen molar-refractivity contribution in [2.75, 3.05) is 46.4 Å². The van der Waals surface area contributed by atoms with E-state index in [1.807, 2.05) is 0 Å². The molecule has 1 aliphatic carbocycles. The van der Waals surface area contributed by atoms with Crippen LogP contribution in [0.25, 0.3) is 0 Å². The van der Waals surface area contributed by atoms with Gasteiger partial charge in [-0.3, -0.25) is 9.89 Å². The third kappa shape index (κ3) is 11.4. The van der Waals surface area contributed by atoms with Crippen LogP contribution in [-0.2, 0) is 4.74 Å². The molecule has 0 spiro atoms. The number of halogens is 3. The Labute approximate surface area is 180 Å². The molecule has 0 radical (unpaired) electrons. The molecule has 0 bridgehead atoms. The molecule has 8 heteroatoms. The molecular formula is C22H41F3N4O. The van der Waals surface area contributed by atoms with Crippen LogP contribution in [0.4, 0.5) is 13.2 Å². The lowest BCUT2D eigenvalue weighted by molar-refractivity contribution is -0.148. The Morgan fingerprint density at radius 1 is 0.967 bits per heavy atom. The van der Waals surface area contributed by atoms with Gasteiger partial charge in [-0.25, -0.2) is 0 Å². The van der Waals surface area contributed by atoms with Gasteiger partial charge in [0.2, 0.25) is 0 Å². The molecule has 1 heterocycles. The van der Waals surface area contributed by atoms with Crippen LogP contribution >= 0.6 is 0 Å². The Kier molecular flexibility index (Phi) is 11.9. The van der Waals surface area contributed by atoms with Gasteiger partial charge in [-0.15, -0.1) is 0 Å². The highest BCUT2D eigenvalue weighted by Crippen LogP contribution is 2.24. The number of hydrogen-bond donors (Lipinski definition) is 2. The van der Waals surface area contributed by atoms with Gasteiger partial charge in [-0.1, -0.05) is 25.7 Å². The Hall–Kier alpha value is -1.02. The van der Waals surface area contributed by atoms with Gasteiger partial charge in [-0.05, 0) is 64.0 Å². The zero-order valence-corrected chi connectivity index (χ0v) is 18.6. The SMILES string of the molecule is CN=C(NCCCCOC1CCCCCC1)NCCC1CCN(CC(F)(F)F)CC1. The van der Waals surface area contributed by atoms with Gasteiger partial charge < -0.3 is 15.4 Å². The van der Waals surface area contributed by atoms with E-state index in [1.54, 1.807) is 7.05 Å². The zero-order valence-electron chi connectivity index (χ0n) is 18.6. The quantitative estimate of drug-likeness (QED) is 0.233. The summed E-state index contributed by atoms with van der Waals surface area (Å²) in [5, 5.41) is 6.67. The first-order valence-corrected chi connectivity index (χ1v) is 11.8. The average Bonchev–Trinajstić information content (AvgIpc) is 2.98. The van der Waals surface area contributed by atoms with Crippen LogP contribution in [0.5, 0.6) is 0 Å². The molecule has 0 aromatic rings. The molecule has 2 fully saturated rings. The lowest BCUT2D eigenvalue weighted by atomic mass is 9.93. The molecule has 30 heavy (non-hydrogen) atoms. The molecule has 2 N–H and O–H groups in total. The fourth-order valence-electron chi connectivity index (χ4n) is 4.39. The largest absolute Gasteiger partial charge is 0.401 e. The molecule has 0 unspecified atom stereocenters. The number of unbranched alkanes of at least 4 members (excludes halogenated alkanes) is 1. The summed E-state index contributed by atoms with van der Waals surface area (Å²) in [4.78, 5) is 5.77. The minimum absolute atomic E-state index is 0.468. The normalized spacial score (nSPS) is 20.9. The maximum Gasteiger partial charge on any atom is 0.401 e. The highest BCUT2D eigenvalue weighted by Gasteiger charge is 2.32. The third-order valence-electron chi connectivity index (χ3n) is 6.20. The molecule has 1 aliphatic heterocycles. The smallest absolute Gasteiger partial charge is 0.378 e. The summed E-state index contributed by atoms with van der Waals surface area (Å²) in [6.45, 7) is 2.81. The van der Waals surface area contributed by atoms with Gasteiger partial charge in [0, 0.05) is 26.7 Å². The summed E-state index contributed by atoms with van der Waals surface area (Å²) in [6, 6.07) is 0. The van der Waals surface area contributed by atoms with E-state index in [0.29, 0.717) is 25.1 Å². The van der Waals surface area contributed by atoms with E-state index in [9.17, 15) is 13.2 Å². The summed E-state index contributed by atoms with van der Waals surface area (Å²) in [5.74, 6) is 1.29. The molecule has 1 saturated heterocycles. The predicted octanol–water partition coefficient (Wildman–Crippen LogP) is 4.34. The fraction of sp³-hybridized carbons (Fsp3) is 0.955. The number of rotatable bonds is 10. The topological polar surface area (TPSA) is 48.9 Å². The summed E-state index contributed by atoms with van der Waals surface area (Å²) in [7, 11) is 1.76. The van der Waals surface area contributed by atoms with Gasteiger partial charge >= 0.3 is 6.18 Å². The predicted molar refractivity (Wildman–Crippen MR) is 116 cm³/mol. The molecule has 2 rings (SSSR count). The van der Waals surface area contributed by atoms with Crippen molar-refractivity contribution in [1.82, 2.24) is 15.5 Å². The monoisotopic (exact) mass is 434 g/mol. The van der Waals surface area contributed by atoms with Crippen molar-refractivity contribution in [2.45, 2.75) is 82.9 Å². The second-order valence-electron chi connectivity index (χ2n) is 8.74. The van der Waals surface area contributed by atoms with Crippen molar-refractivity contribution in [3.8, 4) is 0 Å². The first-order valence-electron chi connectivity index (χ1n) is 11.8. The van der Waals surface area contributed by atoms with Gasteiger partial charge in [0.1, 0.15) is 0 Å². The van der Waals surface area contributed by atoms with E-state index >= 15 is 0 Å². The van der Waals surface area contributed by atoms with Crippen molar-refractivity contribution in [3.05, 3.63) is 0 Å². The number of aliphatic imine (C=N–C) groups is 1. The first kappa shape index (κ1) is 25.2. The third-order valence-corrected chi connectivity index (χ3v) is 6.20. The molecule has 0 atom stereocenters. The van der Waals surface area contributed by atoms with Gasteiger partial charge in [-0.2, -0.15) is 13.2 Å². The van der Waals surface area contributed by atoms with Crippen molar-refractivity contribution >= 4 is 5.96 Å². The Morgan fingerprint density at radius 3 is 2.27 bits per heavy atom. The van der Waals surface area contributed by atoms with Crippen LogP contribution < -0.4 is 10.6 Å². The average molecular weight is 435 g/mol. The lowest BCUT2D eigenvalue weighted by Gasteiger charge is -2.32. The minimum Gasteiger partial charge on any atom is -0.378 e. The van der Waals surface area contributed by atoms with E-state index in [-0.39, 0.29) is 0 Å². The standard InChI is InChI=1S/C22H41F3N4O/c1-26-21(27-13-6-7-17-30-20-8-4-2-3-5-9-20)28-14-10-19-11-15-29(16-12-19)18-22(23,24)25/h19-20H,2-18H2,1H3,(H2,26,27,28). The zero-order chi connectivity index (χ0) is 21.7. The van der Waals surface area contributed by atoms with Gasteiger partial charge in [0.25, 0.3) is 0 Å². The Balaban J connectivity index is 1.46. The molecule has 2 aliphatic rings. The van der Waals surface area contributed by atoms with E-state index < -0.39 is 12.7 Å². The maximum absolute atomic E-state index is 12.5. The van der Waals surface area contributed by atoms with Gasteiger partial charge in [0.05, 0.1) is 12.6 Å². The molecule has 0 amide bonds. The number of ether oxygens (including phenoxy) is 1. The maximum atomic E-state index is 12.5. The summed E-state index contributed by atoms with van der Waals surface area (Å²) < 4.78 is 43.4. The van der Waals surface area contributed by atoms with Crippen molar-refractivity contribution < 1.29 is 17.9 Å². The number of piperidine rings is 1. The summed E-state index contributed by atoms with van der Waals surface area (Å²) >= 11 is 0. The van der Waals surface area contributed by atoms with Crippen molar-refractivity contribution in [3.63, 3.8) is 0 Å². The highest BCUT2D eigenvalue weighted by atomic mass is 19.4. The van der Waals surface area contributed by atoms with Crippen LogP contribution in [0.3, 0.4) is 0 Å². The van der Waals surface area contributed by atoms with E-state index in [4.69, 9.17) is 4.74 Å². The number of hydrogen-bond acceptors (Lipinski definition) is 3. The Bertz CT molecular complexity index is 471. The molecule has 176 valence electrons. The van der Waals surface area contributed by atoms with E-state index in [1.165, 1.54) is 43.4 Å². The summed E-state index contributed by atoms with van der Waals surface area (Å²) in [6.07, 6.45) is 8.88. The molecular weight excluding hydrogens is 393 g/mol. The number of nitrogens with zero attached hydrogens (tertiary/aromatic N) is 2.